The maximum Gasteiger partial charge on any atom is 0.108 e. The molecule has 0 spiro atoms. The molecule has 0 saturated heterocycles. The first-order valence-corrected chi connectivity index (χ1v) is 14.5. The highest BCUT2D eigenvalue weighted by Crippen LogP contribution is 2.47. The third-order valence-corrected chi connectivity index (χ3v) is 10.1. The predicted molar refractivity (Wildman–Crippen MR) is 155 cm³/mol. The van der Waals surface area contributed by atoms with Gasteiger partial charge in [0.1, 0.15) is 6.67 Å². The van der Waals surface area contributed by atoms with E-state index in [1.807, 2.05) is 34.0 Å². The zero-order valence-corrected chi connectivity index (χ0v) is 23.1. The van der Waals surface area contributed by atoms with E-state index >= 15 is 0 Å². The van der Waals surface area contributed by atoms with Gasteiger partial charge in [0.25, 0.3) is 0 Å². The van der Waals surface area contributed by atoms with Crippen molar-refractivity contribution in [1.29, 1.82) is 0 Å². The third-order valence-electron chi connectivity index (χ3n) is 6.76. The zero-order chi connectivity index (χ0) is 23.8. The Bertz CT molecular complexity index is 1600. The molecule has 0 aliphatic carbocycles. The van der Waals surface area contributed by atoms with Crippen LogP contribution in [0.15, 0.2) is 40.7 Å². The average molecular weight is 503 g/mol. The summed E-state index contributed by atoms with van der Waals surface area (Å²) < 4.78 is 4.22. The van der Waals surface area contributed by atoms with Crippen molar-refractivity contribution in [1.82, 2.24) is 0 Å². The maximum absolute atomic E-state index is 5.03. The molecule has 1 aliphatic heterocycles. The number of anilines is 1. The average Bonchev–Trinajstić information content (AvgIpc) is 3.47. The molecule has 0 saturated carbocycles. The molecule has 0 amide bonds. The Morgan fingerprint density at radius 1 is 1.06 bits per heavy atom. The lowest BCUT2D eigenvalue weighted by molar-refractivity contribution is 0.596. The molecule has 5 aromatic rings. The van der Waals surface area contributed by atoms with E-state index in [9.17, 15) is 0 Å². The summed E-state index contributed by atoms with van der Waals surface area (Å²) in [5.74, 6) is 0.643. The van der Waals surface area contributed by atoms with E-state index in [-0.39, 0.29) is 5.41 Å². The van der Waals surface area contributed by atoms with Gasteiger partial charge in [-0.25, -0.2) is 0 Å². The number of fused-ring (bicyclic) bond motifs is 6. The minimum absolute atomic E-state index is 0.0850. The Morgan fingerprint density at radius 3 is 2.65 bits per heavy atom. The van der Waals surface area contributed by atoms with Crippen LogP contribution in [0, 0.1) is 12.8 Å². The maximum atomic E-state index is 5.03. The quantitative estimate of drug-likeness (QED) is 0.261. The normalized spacial score (nSPS) is 14.3. The van der Waals surface area contributed by atoms with Gasteiger partial charge in [-0.05, 0) is 76.9 Å². The van der Waals surface area contributed by atoms with Gasteiger partial charge in [-0.15, -0.1) is 34.0 Å². The molecule has 1 aliphatic rings. The van der Waals surface area contributed by atoms with E-state index in [1.165, 1.54) is 62.4 Å². The molecule has 0 atom stereocenters. The summed E-state index contributed by atoms with van der Waals surface area (Å²) >= 11 is 5.71. The largest absolute Gasteiger partial charge is 0.365 e. The summed E-state index contributed by atoms with van der Waals surface area (Å²) in [6, 6.07) is 11.6. The minimum atomic E-state index is 0.0850. The number of nitrogens with zero attached hydrogens (tertiary/aromatic N) is 1. The van der Waals surface area contributed by atoms with Gasteiger partial charge in [-0.1, -0.05) is 34.6 Å². The van der Waals surface area contributed by atoms with Gasteiger partial charge in [0.2, 0.25) is 0 Å². The number of aliphatic imine (C=N–C) groups is 1. The van der Waals surface area contributed by atoms with E-state index in [1.54, 1.807) is 0 Å². The van der Waals surface area contributed by atoms with Gasteiger partial charge >= 0.3 is 0 Å². The van der Waals surface area contributed by atoms with E-state index in [2.05, 4.69) is 82.6 Å². The van der Waals surface area contributed by atoms with E-state index in [0.29, 0.717) is 12.6 Å². The minimum Gasteiger partial charge on any atom is -0.365 e. The molecule has 1 N–H and O–H groups in total. The highest BCUT2D eigenvalue weighted by molar-refractivity contribution is 7.24. The van der Waals surface area contributed by atoms with Crippen LogP contribution >= 0.6 is 34.0 Å². The van der Waals surface area contributed by atoms with Crippen molar-refractivity contribution < 1.29 is 0 Å². The molecular formula is C29H30N2S3. The van der Waals surface area contributed by atoms with Crippen molar-refractivity contribution in [2.75, 3.05) is 12.0 Å². The number of nitrogens with one attached hydrogen (secondary N) is 1. The van der Waals surface area contributed by atoms with Crippen molar-refractivity contribution in [2.45, 2.75) is 53.4 Å². The molecule has 2 nitrogen and oxygen atoms in total. The molecule has 34 heavy (non-hydrogen) atoms. The van der Waals surface area contributed by atoms with Crippen LogP contribution in [0.4, 0.5) is 5.69 Å². The molecule has 3 aromatic heterocycles. The number of hydrogen-bond donors (Lipinski definition) is 1. The topological polar surface area (TPSA) is 24.4 Å². The highest BCUT2D eigenvalue weighted by Gasteiger charge is 2.26. The van der Waals surface area contributed by atoms with Crippen LogP contribution in [-0.4, -0.2) is 12.4 Å². The third kappa shape index (κ3) is 3.43. The van der Waals surface area contributed by atoms with Crippen LogP contribution in [0.1, 0.15) is 61.1 Å². The molecule has 2 aromatic carbocycles. The Hall–Kier alpha value is -2.21. The number of aryl methyl sites for hydroxylation is 1. The Morgan fingerprint density at radius 2 is 1.88 bits per heavy atom. The van der Waals surface area contributed by atoms with Crippen molar-refractivity contribution in [2.24, 2.45) is 10.9 Å². The second-order valence-electron chi connectivity index (χ2n) is 10.8. The van der Waals surface area contributed by atoms with Gasteiger partial charge < -0.3 is 5.32 Å². The Balaban J connectivity index is 1.59. The second-order valence-corrected chi connectivity index (χ2v) is 14.0. The predicted octanol–water partition coefficient (Wildman–Crippen LogP) is 9.36. The molecule has 0 unspecified atom stereocenters. The summed E-state index contributed by atoms with van der Waals surface area (Å²) in [7, 11) is 0. The second kappa shape index (κ2) is 7.91. The molecule has 174 valence electrons. The molecule has 5 heteroatoms. The first kappa shape index (κ1) is 22.3. The fraction of sp³-hybridized carbons (Fsp3) is 0.345. The number of rotatable bonds is 3. The first-order chi connectivity index (χ1) is 16.2. The first-order valence-electron chi connectivity index (χ1n) is 12.0. The fourth-order valence-corrected chi connectivity index (χ4v) is 8.84. The lowest BCUT2D eigenvalue weighted by Crippen LogP contribution is -2.16. The number of thiophene rings is 3. The fourth-order valence-electron chi connectivity index (χ4n) is 5.18. The molecule has 0 bridgehead atoms. The van der Waals surface area contributed by atoms with Crippen molar-refractivity contribution in [3.63, 3.8) is 0 Å². The highest BCUT2D eigenvalue weighted by atomic mass is 32.1. The van der Waals surface area contributed by atoms with Gasteiger partial charge in [0.15, 0.2) is 0 Å². The smallest absolute Gasteiger partial charge is 0.108 e. The van der Waals surface area contributed by atoms with Gasteiger partial charge in [0, 0.05) is 35.3 Å². The van der Waals surface area contributed by atoms with Crippen LogP contribution in [0.2, 0.25) is 0 Å². The van der Waals surface area contributed by atoms with E-state index < -0.39 is 0 Å². The number of benzene rings is 2. The molecule has 0 fully saturated rings. The van der Waals surface area contributed by atoms with E-state index in [4.69, 9.17) is 4.99 Å². The summed E-state index contributed by atoms with van der Waals surface area (Å²) in [5.41, 5.74) is 6.67. The lowest BCUT2D eigenvalue weighted by Gasteiger charge is -2.22. The van der Waals surface area contributed by atoms with Crippen molar-refractivity contribution in [3.05, 3.63) is 62.2 Å². The molecule has 6 rings (SSSR count). The van der Waals surface area contributed by atoms with Crippen molar-refractivity contribution >= 4 is 75.7 Å². The van der Waals surface area contributed by atoms with Gasteiger partial charge in [0.05, 0.1) is 16.3 Å². The summed E-state index contributed by atoms with van der Waals surface area (Å²) in [4.78, 5) is 7.77. The molecule has 0 radical (unpaired) electrons. The molecular weight excluding hydrogens is 473 g/mol. The van der Waals surface area contributed by atoms with Crippen LogP contribution in [0.5, 0.6) is 0 Å². The van der Waals surface area contributed by atoms with Crippen LogP contribution in [-0.2, 0) is 11.8 Å². The molecule has 4 heterocycles. The van der Waals surface area contributed by atoms with E-state index in [0.717, 1.165) is 12.1 Å². The van der Waals surface area contributed by atoms with Gasteiger partial charge in [-0.2, -0.15) is 0 Å². The Labute approximate surface area is 213 Å². The van der Waals surface area contributed by atoms with Crippen molar-refractivity contribution in [3.8, 4) is 0 Å². The Kier molecular flexibility index (Phi) is 5.18. The van der Waals surface area contributed by atoms with Crippen LogP contribution < -0.4 is 5.32 Å². The number of hydrogen-bond acceptors (Lipinski definition) is 5. The van der Waals surface area contributed by atoms with Crippen LogP contribution in [0.3, 0.4) is 0 Å². The summed E-state index contributed by atoms with van der Waals surface area (Å²) in [6.45, 7) is 14.5. The monoisotopic (exact) mass is 502 g/mol. The standard InChI is InChI=1S/C29H30N2S3/c1-15(2)11-20-16(3)33-22-8-7-19-25-28(34-27(19)23(20)22)24(30-14-31-25)18-12-17-9-10-32-26(17)21(13-18)29(4,5)6/h7-10,12-13,15,31H,11,14H2,1-6H3. The van der Waals surface area contributed by atoms with Gasteiger partial charge in [-0.3, -0.25) is 4.99 Å². The lowest BCUT2D eigenvalue weighted by atomic mass is 9.84. The SMILES string of the molecule is Cc1sc2ccc3c4c(sc3c2c1CC(C)C)C(c1cc(C(C)(C)C)c2sccc2c1)=NCN4. The summed E-state index contributed by atoms with van der Waals surface area (Å²) in [6.07, 6.45) is 1.13. The zero-order valence-electron chi connectivity index (χ0n) is 20.6. The summed E-state index contributed by atoms with van der Waals surface area (Å²) in [5, 5.41) is 9.97. The van der Waals surface area contributed by atoms with Crippen LogP contribution in [0.25, 0.3) is 30.3 Å².